The van der Waals surface area contributed by atoms with Crippen LogP contribution in [0.3, 0.4) is 0 Å². The third kappa shape index (κ3) is 2.06. The number of hydrogen-bond donors (Lipinski definition) is 1. The van der Waals surface area contributed by atoms with Crippen LogP contribution in [0.2, 0.25) is 0 Å². The highest BCUT2D eigenvalue weighted by atomic mass is 32.1. The van der Waals surface area contributed by atoms with Crippen LogP contribution in [0, 0.1) is 0 Å². The minimum Gasteiger partial charge on any atom is -0.355 e. The maximum atomic E-state index is 12.1. The van der Waals surface area contributed by atoms with Crippen LogP contribution in [-0.4, -0.2) is 17.5 Å². The molecule has 2 rings (SSSR count). The first kappa shape index (κ1) is 12.8. The molecule has 1 N–H and O–H groups in total. The second kappa shape index (κ2) is 4.94. The van der Waals surface area contributed by atoms with Crippen LogP contribution in [-0.2, 0) is 13.5 Å². The van der Waals surface area contributed by atoms with E-state index in [2.05, 4.69) is 18.3 Å². The maximum absolute atomic E-state index is 12.1. The molecule has 0 spiro atoms. The summed E-state index contributed by atoms with van der Waals surface area (Å²) in [7, 11) is 3.24. The summed E-state index contributed by atoms with van der Waals surface area (Å²) >= 11 is 1.62. The third-order valence-electron chi connectivity index (χ3n) is 2.90. The number of fused-ring (bicyclic) bond motifs is 1. The number of amides is 1. The molecule has 0 bridgehead atoms. The van der Waals surface area contributed by atoms with Gasteiger partial charge in [0.05, 0.1) is 0 Å². The zero-order valence-corrected chi connectivity index (χ0v) is 11.6. The SMILES string of the molecule is CCCc1cc2cc(C(=O)NC)c(=O)n(C)c2s1. The van der Waals surface area contributed by atoms with Crippen LogP contribution in [0.5, 0.6) is 0 Å². The zero-order chi connectivity index (χ0) is 13.3. The Kier molecular flexibility index (Phi) is 3.52. The molecule has 0 aliphatic heterocycles. The van der Waals surface area contributed by atoms with Crippen LogP contribution >= 0.6 is 11.3 Å². The molecule has 5 heteroatoms. The molecule has 18 heavy (non-hydrogen) atoms. The molecule has 0 saturated carbocycles. The van der Waals surface area contributed by atoms with Crippen molar-refractivity contribution in [3.63, 3.8) is 0 Å². The van der Waals surface area contributed by atoms with Gasteiger partial charge in [-0.05, 0) is 18.6 Å². The summed E-state index contributed by atoms with van der Waals surface area (Å²) in [6.07, 6.45) is 2.08. The highest BCUT2D eigenvalue weighted by Crippen LogP contribution is 2.25. The van der Waals surface area contributed by atoms with Gasteiger partial charge < -0.3 is 9.88 Å². The number of aromatic nitrogens is 1. The molecule has 0 unspecified atom stereocenters. The largest absolute Gasteiger partial charge is 0.355 e. The minimum absolute atomic E-state index is 0.202. The van der Waals surface area contributed by atoms with E-state index in [1.807, 2.05) is 0 Å². The Morgan fingerprint density at radius 2 is 2.17 bits per heavy atom. The lowest BCUT2D eigenvalue weighted by Crippen LogP contribution is -2.29. The number of nitrogens with zero attached hydrogens (tertiary/aromatic N) is 1. The first-order chi connectivity index (χ1) is 8.58. The molecular weight excluding hydrogens is 248 g/mol. The molecule has 0 saturated heterocycles. The van der Waals surface area contributed by atoms with Crippen molar-refractivity contribution in [2.24, 2.45) is 7.05 Å². The van der Waals surface area contributed by atoms with Crippen LogP contribution in [0.15, 0.2) is 16.9 Å². The molecule has 2 aromatic rings. The van der Waals surface area contributed by atoms with E-state index in [0.29, 0.717) is 0 Å². The zero-order valence-electron chi connectivity index (χ0n) is 10.7. The van der Waals surface area contributed by atoms with Gasteiger partial charge in [0.25, 0.3) is 11.5 Å². The van der Waals surface area contributed by atoms with E-state index in [1.54, 1.807) is 29.0 Å². The molecule has 0 aliphatic carbocycles. The Morgan fingerprint density at radius 3 is 2.78 bits per heavy atom. The molecule has 2 heterocycles. The fourth-order valence-electron chi connectivity index (χ4n) is 1.97. The molecule has 4 nitrogen and oxygen atoms in total. The first-order valence-corrected chi connectivity index (χ1v) is 6.74. The Bertz CT molecular complexity index is 655. The van der Waals surface area contributed by atoms with Crippen LogP contribution in [0.4, 0.5) is 0 Å². The van der Waals surface area contributed by atoms with Crippen molar-refractivity contribution in [2.75, 3.05) is 7.05 Å². The van der Waals surface area contributed by atoms with Gasteiger partial charge in [0.2, 0.25) is 0 Å². The predicted octanol–water partition coefficient (Wildman–Crippen LogP) is 1.91. The molecule has 0 fully saturated rings. The van der Waals surface area contributed by atoms with Crippen molar-refractivity contribution in [1.29, 1.82) is 0 Å². The van der Waals surface area contributed by atoms with Crippen molar-refractivity contribution in [3.05, 3.63) is 32.9 Å². The van der Waals surface area contributed by atoms with E-state index in [1.165, 1.54) is 11.9 Å². The highest BCUT2D eigenvalue weighted by molar-refractivity contribution is 7.18. The van der Waals surface area contributed by atoms with E-state index >= 15 is 0 Å². The van der Waals surface area contributed by atoms with E-state index < -0.39 is 0 Å². The Balaban J connectivity index is 2.67. The summed E-state index contributed by atoms with van der Waals surface area (Å²) in [6.45, 7) is 2.12. The lowest BCUT2D eigenvalue weighted by molar-refractivity contribution is 0.0961. The fourth-order valence-corrected chi connectivity index (χ4v) is 3.17. The molecule has 0 aliphatic rings. The minimum atomic E-state index is -0.333. The van der Waals surface area contributed by atoms with Gasteiger partial charge in [-0.25, -0.2) is 0 Å². The van der Waals surface area contributed by atoms with Crippen LogP contribution in [0.1, 0.15) is 28.6 Å². The summed E-state index contributed by atoms with van der Waals surface area (Å²) in [6, 6.07) is 3.75. The highest BCUT2D eigenvalue weighted by Gasteiger charge is 2.14. The van der Waals surface area contributed by atoms with Gasteiger partial charge in [-0.15, -0.1) is 11.3 Å². The number of hydrogen-bond acceptors (Lipinski definition) is 3. The Hall–Kier alpha value is -1.62. The number of aryl methyl sites for hydroxylation is 2. The number of carbonyl (C=O) groups excluding carboxylic acids is 1. The van der Waals surface area contributed by atoms with E-state index in [4.69, 9.17) is 0 Å². The Labute approximate surface area is 109 Å². The summed E-state index contributed by atoms with van der Waals surface area (Å²) < 4.78 is 1.56. The quantitative estimate of drug-likeness (QED) is 0.920. The standard InChI is InChI=1S/C13H16N2O2S/c1-4-5-9-6-8-7-10(11(16)14-2)12(17)15(3)13(8)18-9/h6-7H,4-5H2,1-3H3,(H,14,16). The fraction of sp³-hybridized carbons (Fsp3) is 0.385. The second-order valence-corrected chi connectivity index (χ2v) is 5.34. The van der Waals surface area contributed by atoms with Crippen LogP contribution < -0.4 is 10.9 Å². The Morgan fingerprint density at radius 1 is 1.44 bits per heavy atom. The van der Waals surface area contributed by atoms with Crippen molar-refractivity contribution in [2.45, 2.75) is 19.8 Å². The van der Waals surface area contributed by atoms with Crippen molar-refractivity contribution < 1.29 is 4.79 Å². The van der Waals surface area contributed by atoms with Gasteiger partial charge >= 0.3 is 0 Å². The second-order valence-electron chi connectivity index (χ2n) is 4.22. The average Bonchev–Trinajstić information content (AvgIpc) is 2.76. The van der Waals surface area contributed by atoms with Gasteiger partial charge in [-0.2, -0.15) is 0 Å². The lowest BCUT2D eigenvalue weighted by Gasteiger charge is -2.03. The van der Waals surface area contributed by atoms with Crippen molar-refractivity contribution in [1.82, 2.24) is 9.88 Å². The van der Waals surface area contributed by atoms with E-state index in [0.717, 1.165) is 23.1 Å². The molecular formula is C13H16N2O2S. The average molecular weight is 264 g/mol. The van der Waals surface area contributed by atoms with Gasteiger partial charge in [0, 0.05) is 24.4 Å². The first-order valence-electron chi connectivity index (χ1n) is 5.93. The number of carbonyl (C=O) groups is 1. The van der Waals surface area contributed by atoms with Crippen LogP contribution in [0.25, 0.3) is 10.2 Å². The van der Waals surface area contributed by atoms with Gasteiger partial charge in [-0.3, -0.25) is 9.59 Å². The monoisotopic (exact) mass is 264 g/mol. The third-order valence-corrected chi connectivity index (χ3v) is 4.19. The molecule has 96 valence electrons. The van der Waals surface area contributed by atoms with Crippen molar-refractivity contribution in [3.8, 4) is 0 Å². The number of nitrogens with one attached hydrogen (secondary N) is 1. The molecule has 1 amide bonds. The summed E-state index contributed by atoms with van der Waals surface area (Å²) in [5, 5.41) is 3.46. The van der Waals surface area contributed by atoms with Crippen molar-refractivity contribution >= 4 is 27.5 Å². The normalized spacial score (nSPS) is 10.8. The number of rotatable bonds is 3. The lowest BCUT2D eigenvalue weighted by atomic mass is 10.2. The predicted molar refractivity (Wildman–Crippen MR) is 74.5 cm³/mol. The molecule has 2 aromatic heterocycles. The van der Waals surface area contributed by atoms with Gasteiger partial charge in [0.15, 0.2) is 0 Å². The molecule has 0 aromatic carbocycles. The van der Waals surface area contributed by atoms with E-state index in [-0.39, 0.29) is 17.0 Å². The summed E-state index contributed by atoms with van der Waals surface area (Å²) in [5.41, 5.74) is -0.0416. The number of pyridine rings is 1. The topological polar surface area (TPSA) is 51.1 Å². The molecule has 0 radical (unpaired) electrons. The van der Waals surface area contributed by atoms with Gasteiger partial charge in [0.1, 0.15) is 10.4 Å². The summed E-state index contributed by atoms with van der Waals surface area (Å²) in [4.78, 5) is 25.9. The number of thiophene rings is 1. The van der Waals surface area contributed by atoms with Gasteiger partial charge in [-0.1, -0.05) is 13.3 Å². The maximum Gasteiger partial charge on any atom is 0.264 e. The summed E-state index contributed by atoms with van der Waals surface area (Å²) in [5.74, 6) is -0.333. The van der Waals surface area contributed by atoms with E-state index in [9.17, 15) is 9.59 Å². The molecule has 0 atom stereocenters. The smallest absolute Gasteiger partial charge is 0.264 e.